The van der Waals surface area contributed by atoms with Gasteiger partial charge in [-0.15, -0.1) is 0 Å². The minimum absolute atomic E-state index is 0.0254. The van der Waals surface area contributed by atoms with Gasteiger partial charge in [-0.3, -0.25) is 0 Å². The summed E-state index contributed by atoms with van der Waals surface area (Å²) in [5.74, 6) is 2.48. The van der Waals surface area contributed by atoms with Gasteiger partial charge in [0.15, 0.2) is 0 Å². The third kappa shape index (κ3) is 4.89. The third-order valence-corrected chi connectivity index (χ3v) is 3.84. The molecular formula is C19H23NO3. The molecule has 0 aliphatic heterocycles. The van der Waals surface area contributed by atoms with E-state index in [1.54, 1.807) is 0 Å². The number of hydrogen-bond donors (Lipinski definition) is 2. The molecule has 23 heavy (non-hydrogen) atoms. The number of rotatable bonds is 9. The molecule has 1 fully saturated rings. The van der Waals surface area contributed by atoms with E-state index in [0.717, 1.165) is 41.8 Å². The number of ether oxygens (including phenoxy) is 2. The maximum atomic E-state index is 8.75. The Kier molecular flexibility index (Phi) is 5.37. The number of nitrogens with one attached hydrogen (secondary N) is 1. The van der Waals surface area contributed by atoms with E-state index in [1.165, 1.54) is 12.8 Å². The average molecular weight is 313 g/mol. The van der Waals surface area contributed by atoms with Crippen molar-refractivity contribution in [3.05, 3.63) is 54.1 Å². The minimum Gasteiger partial charge on any atom is -0.493 e. The second kappa shape index (κ2) is 7.88. The molecule has 4 heteroatoms. The van der Waals surface area contributed by atoms with Crippen molar-refractivity contribution >= 4 is 5.69 Å². The lowest BCUT2D eigenvalue weighted by atomic mass is 10.2. The van der Waals surface area contributed by atoms with E-state index < -0.39 is 0 Å². The van der Waals surface area contributed by atoms with Crippen molar-refractivity contribution in [1.82, 2.24) is 0 Å². The molecule has 0 spiro atoms. The van der Waals surface area contributed by atoms with Crippen molar-refractivity contribution in [2.75, 3.05) is 25.1 Å². The van der Waals surface area contributed by atoms with Gasteiger partial charge in [0, 0.05) is 17.8 Å². The van der Waals surface area contributed by atoms with Gasteiger partial charge < -0.3 is 19.9 Å². The monoisotopic (exact) mass is 313 g/mol. The van der Waals surface area contributed by atoms with Crippen molar-refractivity contribution in [3.8, 4) is 11.5 Å². The zero-order chi connectivity index (χ0) is 15.9. The molecule has 3 rings (SSSR count). The molecule has 0 atom stereocenters. The standard InChI is InChI=1S/C19H23NO3/c21-11-12-22-18-9-7-17(8-10-18)20-13-16-3-1-2-4-19(16)23-14-15-5-6-15/h1-4,7-10,15,20-21H,5-6,11-14H2. The Hall–Kier alpha value is -2.20. The zero-order valence-electron chi connectivity index (χ0n) is 13.2. The van der Waals surface area contributed by atoms with Gasteiger partial charge >= 0.3 is 0 Å². The summed E-state index contributed by atoms with van der Waals surface area (Å²) < 4.78 is 11.3. The number of aliphatic hydroxyl groups excluding tert-OH is 1. The van der Waals surface area contributed by atoms with Gasteiger partial charge in [0.25, 0.3) is 0 Å². The van der Waals surface area contributed by atoms with Crippen LogP contribution in [0.4, 0.5) is 5.69 Å². The lowest BCUT2D eigenvalue weighted by Crippen LogP contribution is -2.05. The molecule has 1 aliphatic carbocycles. The number of para-hydroxylation sites is 1. The highest BCUT2D eigenvalue weighted by atomic mass is 16.5. The van der Waals surface area contributed by atoms with Crippen molar-refractivity contribution in [3.63, 3.8) is 0 Å². The number of hydrogen-bond acceptors (Lipinski definition) is 4. The fraction of sp³-hybridized carbons (Fsp3) is 0.368. The zero-order valence-corrected chi connectivity index (χ0v) is 13.2. The van der Waals surface area contributed by atoms with Crippen molar-refractivity contribution in [2.45, 2.75) is 19.4 Å². The smallest absolute Gasteiger partial charge is 0.124 e. The molecule has 0 bridgehead atoms. The number of aliphatic hydroxyl groups is 1. The van der Waals surface area contributed by atoms with E-state index in [1.807, 2.05) is 42.5 Å². The summed E-state index contributed by atoms with van der Waals surface area (Å²) in [5.41, 5.74) is 2.19. The van der Waals surface area contributed by atoms with E-state index in [-0.39, 0.29) is 6.61 Å². The SMILES string of the molecule is OCCOc1ccc(NCc2ccccc2OCC2CC2)cc1. The van der Waals surface area contributed by atoms with Gasteiger partial charge in [0.1, 0.15) is 18.1 Å². The predicted octanol–water partition coefficient (Wildman–Crippen LogP) is 3.46. The minimum atomic E-state index is 0.0254. The second-order valence-corrected chi connectivity index (χ2v) is 5.81. The molecule has 0 radical (unpaired) electrons. The van der Waals surface area contributed by atoms with Crippen LogP contribution in [0.15, 0.2) is 48.5 Å². The largest absolute Gasteiger partial charge is 0.493 e. The topological polar surface area (TPSA) is 50.7 Å². The molecule has 1 saturated carbocycles. The van der Waals surface area contributed by atoms with Crippen molar-refractivity contribution in [2.24, 2.45) is 5.92 Å². The van der Waals surface area contributed by atoms with Gasteiger partial charge in [0.05, 0.1) is 13.2 Å². The molecule has 1 aliphatic rings. The number of benzene rings is 2. The normalized spacial score (nSPS) is 13.6. The van der Waals surface area contributed by atoms with Crippen LogP contribution in [0.5, 0.6) is 11.5 Å². The fourth-order valence-corrected chi connectivity index (χ4v) is 2.31. The van der Waals surface area contributed by atoms with Crippen LogP contribution < -0.4 is 14.8 Å². The Morgan fingerprint density at radius 2 is 1.78 bits per heavy atom. The molecule has 4 nitrogen and oxygen atoms in total. The summed E-state index contributed by atoms with van der Waals surface area (Å²) in [4.78, 5) is 0. The molecule has 0 amide bonds. The highest BCUT2D eigenvalue weighted by Crippen LogP contribution is 2.30. The second-order valence-electron chi connectivity index (χ2n) is 5.81. The van der Waals surface area contributed by atoms with E-state index in [4.69, 9.17) is 14.6 Å². The van der Waals surface area contributed by atoms with Gasteiger partial charge in [0.2, 0.25) is 0 Å². The molecule has 122 valence electrons. The van der Waals surface area contributed by atoms with Gasteiger partial charge in [-0.1, -0.05) is 18.2 Å². The van der Waals surface area contributed by atoms with Gasteiger partial charge in [-0.05, 0) is 49.1 Å². The van der Waals surface area contributed by atoms with Crippen LogP contribution in [-0.2, 0) is 6.54 Å². The molecule has 0 unspecified atom stereocenters. The summed E-state index contributed by atoms with van der Waals surface area (Å²) in [6.07, 6.45) is 2.59. The van der Waals surface area contributed by atoms with Crippen LogP contribution in [0.3, 0.4) is 0 Å². The molecule has 0 saturated heterocycles. The fourth-order valence-electron chi connectivity index (χ4n) is 2.31. The average Bonchev–Trinajstić information content (AvgIpc) is 3.42. The van der Waals surface area contributed by atoms with Crippen LogP contribution >= 0.6 is 0 Å². The molecular weight excluding hydrogens is 290 g/mol. The van der Waals surface area contributed by atoms with Crippen molar-refractivity contribution in [1.29, 1.82) is 0 Å². The van der Waals surface area contributed by atoms with Crippen molar-refractivity contribution < 1.29 is 14.6 Å². The van der Waals surface area contributed by atoms with Crippen LogP contribution in [0.2, 0.25) is 0 Å². The van der Waals surface area contributed by atoms with E-state index in [2.05, 4.69) is 11.4 Å². The first kappa shape index (κ1) is 15.7. The highest BCUT2D eigenvalue weighted by molar-refractivity contribution is 5.47. The molecule has 2 aromatic carbocycles. The van der Waals surface area contributed by atoms with Gasteiger partial charge in [-0.25, -0.2) is 0 Å². The quantitative estimate of drug-likeness (QED) is 0.744. The molecule has 0 aromatic heterocycles. The molecule has 0 heterocycles. The molecule has 2 N–H and O–H groups in total. The predicted molar refractivity (Wildman–Crippen MR) is 91.0 cm³/mol. The Morgan fingerprint density at radius 1 is 1.00 bits per heavy atom. The Bertz CT molecular complexity index is 608. The van der Waals surface area contributed by atoms with Crippen LogP contribution in [0, 0.1) is 5.92 Å². The van der Waals surface area contributed by atoms with E-state index in [9.17, 15) is 0 Å². The summed E-state index contributed by atoms with van der Waals surface area (Å²) in [6.45, 7) is 1.89. The Labute approximate surface area is 137 Å². The summed E-state index contributed by atoms with van der Waals surface area (Å²) in [6, 6.07) is 15.9. The van der Waals surface area contributed by atoms with E-state index >= 15 is 0 Å². The Morgan fingerprint density at radius 3 is 2.52 bits per heavy atom. The summed E-state index contributed by atoms with van der Waals surface area (Å²) in [7, 11) is 0. The first-order valence-corrected chi connectivity index (χ1v) is 8.13. The van der Waals surface area contributed by atoms with E-state index in [0.29, 0.717) is 6.61 Å². The van der Waals surface area contributed by atoms with Crippen LogP contribution in [-0.4, -0.2) is 24.9 Å². The first-order valence-electron chi connectivity index (χ1n) is 8.13. The summed E-state index contributed by atoms with van der Waals surface area (Å²) in [5, 5.41) is 12.2. The lowest BCUT2D eigenvalue weighted by Gasteiger charge is -2.13. The third-order valence-electron chi connectivity index (χ3n) is 3.84. The Balaban J connectivity index is 1.54. The number of anilines is 1. The summed E-state index contributed by atoms with van der Waals surface area (Å²) >= 11 is 0. The lowest BCUT2D eigenvalue weighted by molar-refractivity contribution is 0.201. The molecule has 2 aromatic rings. The maximum Gasteiger partial charge on any atom is 0.124 e. The highest BCUT2D eigenvalue weighted by Gasteiger charge is 2.22. The van der Waals surface area contributed by atoms with Crippen LogP contribution in [0.25, 0.3) is 0 Å². The maximum absolute atomic E-state index is 8.75. The van der Waals surface area contributed by atoms with Crippen LogP contribution in [0.1, 0.15) is 18.4 Å². The first-order chi connectivity index (χ1) is 11.3. The van der Waals surface area contributed by atoms with Gasteiger partial charge in [-0.2, -0.15) is 0 Å².